The topological polar surface area (TPSA) is 54.0 Å². The lowest BCUT2D eigenvalue weighted by atomic mass is 10.1. The van der Waals surface area contributed by atoms with Crippen LogP contribution in [0.1, 0.15) is 28.5 Å². The molecule has 1 aromatic heterocycles. The van der Waals surface area contributed by atoms with Gasteiger partial charge in [-0.05, 0) is 43.0 Å². The van der Waals surface area contributed by atoms with Crippen LogP contribution in [-0.4, -0.2) is 11.0 Å². The predicted molar refractivity (Wildman–Crippen MR) is 76.5 cm³/mol. The third kappa shape index (κ3) is 2.65. The van der Waals surface area contributed by atoms with Crippen LogP contribution in [0.4, 0.5) is 14.3 Å². The first-order valence-electron chi connectivity index (χ1n) is 6.40. The van der Waals surface area contributed by atoms with E-state index in [1.165, 1.54) is 17.4 Å². The molecule has 104 valence electrons. The molecule has 0 bridgehead atoms. The number of aromatic nitrogens is 1. The van der Waals surface area contributed by atoms with Gasteiger partial charge < -0.3 is 5.32 Å². The Hall–Kier alpha value is -1.95. The number of nitrogens with one attached hydrogen (secondary N) is 2. The number of hydrogen-bond donors (Lipinski definition) is 2. The Kier molecular flexibility index (Phi) is 3.40. The highest BCUT2D eigenvalue weighted by Crippen LogP contribution is 2.31. The first kappa shape index (κ1) is 13.1. The molecule has 0 saturated heterocycles. The van der Waals surface area contributed by atoms with Gasteiger partial charge in [-0.2, -0.15) is 0 Å². The number of fused-ring (bicyclic) bond motifs is 1. The minimum Gasteiger partial charge on any atom is -0.331 e. The zero-order valence-corrected chi connectivity index (χ0v) is 11.8. The molecule has 0 aliphatic heterocycles. The number of carbonyl (C=O) groups is 1. The minimum atomic E-state index is -0.276. The van der Waals surface area contributed by atoms with Crippen LogP contribution in [0.25, 0.3) is 0 Å². The zero-order valence-electron chi connectivity index (χ0n) is 10.9. The summed E-state index contributed by atoms with van der Waals surface area (Å²) in [6.45, 7) is 1.93. The summed E-state index contributed by atoms with van der Waals surface area (Å²) in [5.74, 6) is -0.230. The van der Waals surface area contributed by atoms with E-state index in [4.69, 9.17) is 0 Å². The van der Waals surface area contributed by atoms with Crippen LogP contribution in [0.2, 0.25) is 0 Å². The number of hydrogen-bond acceptors (Lipinski definition) is 3. The first-order valence-corrected chi connectivity index (χ1v) is 7.22. The molecule has 2 aromatic rings. The first-order chi connectivity index (χ1) is 9.61. The predicted octanol–water partition coefficient (Wildman–Crippen LogP) is 3.40. The number of carbonyl (C=O) groups excluding carboxylic acids is 1. The van der Waals surface area contributed by atoms with Crippen LogP contribution in [0.5, 0.6) is 0 Å². The number of thiazole rings is 1. The lowest BCUT2D eigenvalue weighted by molar-refractivity contribution is 0.248. The van der Waals surface area contributed by atoms with Crippen molar-refractivity contribution in [2.45, 2.75) is 25.8 Å². The summed E-state index contributed by atoms with van der Waals surface area (Å²) in [4.78, 5) is 17.1. The third-order valence-corrected chi connectivity index (χ3v) is 4.16. The molecule has 1 aliphatic rings. The van der Waals surface area contributed by atoms with Crippen molar-refractivity contribution in [2.75, 3.05) is 5.32 Å². The Morgan fingerprint density at radius 1 is 1.50 bits per heavy atom. The van der Waals surface area contributed by atoms with Crippen LogP contribution >= 0.6 is 11.3 Å². The van der Waals surface area contributed by atoms with E-state index in [1.807, 2.05) is 6.92 Å². The summed E-state index contributed by atoms with van der Waals surface area (Å²) in [7, 11) is 0. The van der Waals surface area contributed by atoms with E-state index < -0.39 is 0 Å². The van der Waals surface area contributed by atoms with Crippen molar-refractivity contribution in [2.24, 2.45) is 0 Å². The molecule has 20 heavy (non-hydrogen) atoms. The average molecular weight is 291 g/mol. The SMILES string of the molecule is Cc1cnc(NC(=O)NC2CCc3cc(F)ccc32)s1. The van der Waals surface area contributed by atoms with E-state index in [0.29, 0.717) is 5.13 Å². The van der Waals surface area contributed by atoms with Gasteiger partial charge in [-0.1, -0.05) is 6.07 Å². The molecule has 3 rings (SSSR count). The molecular weight excluding hydrogens is 277 g/mol. The highest BCUT2D eigenvalue weighted by molar-refractivity contribution is 7.15. The van der Waals surface area contributed by atoms with Gasteiger partial charge in [0.2, 0.25) is 0 Å². The quantitative estimate of drug-likeness (QED) is 0.891. The van der Waals surface area contributed by atoms with Gasteiger partial charge in [0.1, 0.15) is 5.82 Å². The number of benzene rings is 1. The highest BCUT2D eigenvalue weighted by Gasteiger charge is 2.24. The molecule has 4 nitrogen and oxygen atoms in total. The number of rotatable bonds is 2. The fraction of sp³-hybridized carbons (Fsp3) is 0.286. The van der Waals surface area contributed by atoms with Crippen molar-refractivity contribution >= 4 is 22.5 Å². The van der Waals surface area contributed by atoms with Crippen molar-refractivity contribution in [3.8, 4) is 0 Å². The Bertz CT molecular complexity index is 656. The van der Waals surface area contributed by atoms with Crippen molar-refractivity contribution in [3.05, 3.63) is 46.2 Å². The monoisotopic (exact) mass is 291 g/mol. The largest absolute Gasteiger partial charge is 0.331 e. The van der Waals surface area contributed by atoms with Crippen LogP contribution < -0.4 is 10.6 Å². The molecule has 2 amide bonds. The summed E-state index contributed by atoms with van der Waals surface area (Å²) < 4.78 is 13.1. The average Bonchev–Trinajstić information content (AvgIpc) is 2.96. The van der Waals surface area contributed by atoms with Crippen molar-refractivity contribution in [1.82, 2.24) is 10.3 Å². The standard InChI is InChI=1S/C14H14FN3OS/c1-8-7-16-14(20-8)18-13(19)17-12-5-2-9-6-10(15)3-4-11(9)12/h3-4,6-7,12H,2,5H2,1H3,(H2,16,17,18,19). The Balaban J connectivity index is 1.66. The minimum absolute atomic E-state index is 0.0633. The maximum Gasteiger partial charge on any atom is 0.321 e. The summed E-state index contributed by atoms with van der Waals surface area (Å²) in [5.41, 5.74) is 1.97. The molecular formula is C14H14FN3OS. The molecule has 2 N–H and O–H groups in total. The second-order valence-corrected chi connectivity index (χ2v) is 6.04. The molecule has 1 aliphatic carbocycles. The van der Waals surface area contributed by atoms with Gasteiger partial charge in [-0.3, -0.25) is 5.32 Å². The van der Waals surface area contributed by atoms with E-state index >= 15 is 0 Å². The number of anilines is 1. The maximum atomic E-state index is 13.1. The van der Waals surface area contributed by atoms with Crippen LogP contribution in [0.3, 0.4) is 0 Å². The molecule has 1 heterocycles. The molecule has 0 saturated carbocycles. The Morgan fingerprint density at radius 3 is 3.10 bits per heavy atom. The van der Waals surface area contributed by atoms with Gasteiger partial charge in [-0.15, -0.1) is 11.3 Å². The summed E-state index contributed by atoms with van der Waals surface area (Å²) >= 11 is 1.43. The molecule has 1 unspecified atom stereocenters. The van der Waals surface area contributed by atoms with E-state index in [2.05, 4.69) is 15.6 Å². The molecule has 1 aromatic carbocycles. The molecule has 0 radical (unpaired) electrons. The lowest BCUT2D eigenvalue weighted by Crippen LogP contribution is -2.31. The van der Waals surface area contributed by atoms with Gasteiger partial charge in [0.15, 0.2) is 5.13 Å². The summed E-state index contributed by atoms with van der Waals surface area (Å²) in [5, 5.41) is 6.20. The fourth-order valence-electron chi connectivity index (χ4n) is 2.44. The second-order valence-electron chi connectivity index (χ2n) is 4.81. The molecule has 0 spiro atoms. The number of aryl methyl sites for hydroxylation is 2. The van der Waals surface area contributed by atoms with Crippen LogP contribution in [-0.2, 0) is 6.42 Å². The van der Waals surface area contributed by atoms with Gasteiger partial charge in [-0.25, -0.2) is 14.2 Å². The van der Waals surface area contributed by atoms with E-state index in [0.717, 1.165) is 28.8 Å². The van der Waals surface area contributed by atoms with Gasteiger partial charge >= 0.3 is 6.03 Å². The number of urea groups is 1. The highest BCUT2D eigenvalue weighted by atomic mass is 32.1. The Labute approximate surface area is 120 Å². The fourth-order valence-corrected chi connectivity index (χ4v) is 3.10. The van der Waals surface area contributed by atoms with Crippen molar-refractivity contribution < 1.29 is 9.18 Å². The van der Waals surface area contributed by atoms with E-state index in [-0.39, 0.29) is 17.9 Å². The number of nitrogens with zero attached hydrogens (tertiary/aromatic N) is 1. The van der Waals surface area contributed by atoms with E-state index in [9.17, 15) is 9.18 Å². The maximum absolute atomic E-state index is 13.1. The number of amides is 2. The van der Waals surface area contributed by atoms with Gasteiger partial charge in [0, 0.05) is 11.1 Å². The van der Waals surface area contributed by atoms with E-state index in [1.54, 1.807) is 18.3 Å². The second kappa shape index (κ2) is 5.20. The van der Waals surface area contributed by atoms with Crippen molar-refractivity contribution in [3.63, 3.8) is 0 Å². The Morgan fingerprint density at radius 2 is 2.35 bits per heavy atom. The number of halogens is 1. The van der Waals surface area contributed by atoms with Crippen LogP contribution in [0.15, 0.2) is 24.4 Å². The summed E-state index contributed by atoms with van der Waals surface area (Å²) in [6.07, 6.45) is 3.30. The van der Waals surface area contributed by atoms with Crippen molar-refractivity contribution in [1.29, 1.82) is 0 Å². The smallest absolute Gasteiger partial charge is 0.321 e. The molecule has 0 fully saturated rings. The molecule has 1 atom stereocenters. The van der Waals surface area contributed by atoms with Crippen LogP contribution in [0, 0.1) is 12.7 Å². The zero-order chi connectivity index (χ0) is 14.1. The normalized spacial score (nSPS) is 16.8. The lowest BCUT2D eigenvalue weighted by Gasteiger charge is -2.14. The van der Waals surface area contributed by atoms with Gasteiger partial charge in [0.25, 0.3) is 0 Å². The summed E-state index contributed by atoms with van der Waals surface area (Å²) in [6, 6.07) is 4.38. The van der Waals surface area contributed by atoms with Gasteiger partial charge in [0.05, 0.1) is 6.04 Å². The third-order valence-electron chi connectivity index (χ3n) is 3.33. The molecule has 6 heteroatoms.